The number of likely N-dealkylation sites (tertiary alicyclic amines) is 3. The lowest BCUT2D eigenvalue weighted by Gasteiger charge is -2.44. The van der Waals surface area contributed by atoms with Crippen LogP contribution >= 0.6 is 22.9 Å². The van der Waals surface area contributed by atoms with Gasteiger partial charge in [-0.3, -0.25) is 38.7 Å². The number of aliphatic hydroxyl groups excluding tert-OH is 1. The van der Waals surface area contributed by atoms with E-state index in [4.69, 9.17) is 16.3 Å². The summed E-state index contributed by atoms with van der Waals surface area (Å²) in [5, 5.41) is 20.4. The Bertz CT molecular complexity index is 3930. The van der Waals surface area contributed by atoms with Crippen LogP contribution in [-0.2, 0) is 40.3 Å². The second kappa shape index (κ2) is 32.7. The SMILES string of the molecule is CC[C@@H](CCN1CCOCC1)Nc1ccc(CNC(=O)c2ccc(N3CCN(CC4=C(c5ccc(Cl)cc5)CCC(C)(CN5C[C@H]6C[C@@H]5CN6C(=O)CCCC(=O)C[C@H](C(=O)N5C[C@H](O)C[C@H]5C(=O)N[C@@H](C)c5ccc(-c6scnc6C)cc5)C(C)(C)C)C4)CC3)cc2)cc1S(=O)(=O)C(F)(F)F. The van der Waals surface area contributed by atoms with E-state index in [-0.39, 0.29) is 103 Å². The van der Waals surface area contributed by atoms with Crippen LogP contribution in [0.5, 0.6) is 0 Å². The summed E-state index contributed by atoms with van der Waals surface area (Å²) < 4.78 is 73.6. The average molecular weight is 1470 g/mol. The maximum atomic E-state index is 14.5. The number of amides is 4. The Morgan fingerprint density at radius 3 is 2.20 bits per heavy atom. The summed E-state index contributed by atoms with van der Waals surface area (Å²) in [6.07, 6.45) is 4.89. The van der Waals surface area contributed by atoms with E-state index in [0.717, 1.165) is 118 Å². The number of β-amino-alcohol motifs (C(OH)–C–C–N with tert-alkyl or cyclic N) is 1. The van der Waals surface area contributed by atoms with Gasteiger partial charge in [-0.05, 0) is 146 Å². The first-order valence-corrected chi connectivity index (χ1v) is 38.9. The third kappa shape index (κ3) is 18.5. The van der Waals surface area contributed by atoms with Crippen LogP contribution in [0.1, 0.15) is 151 Å². The molecule has 11 rings (SSSR count). The molecule has 5 aliphatic heterocycles. The highest BCUT2D eigenvalue weighted by molar-refractivity contribution is 7.92. The number of alkyl halides is 3. The minimum absolute atomic E-state index is 0.00168. The fourth-order valence-electron chi connectivity index (χ4n) is 15.9. The second-order valence-electron chi connectivity index (χ2n) is 30.4. The number of ether oxygens (including phenoxy) is 1. The number of carbonyl (C=O) groups is 5. The standard InChI is InChI=1S/C77H100ClF3N10O9S2/c1-8-59(27-29-86-34-36-100-37-35-86)85-67-25-12-52(38-69(67)102(98,99)77(79,80)81)43-82-72(95)56-19-23-60(24-20-56)88-32-30-87(31-33-88)44-57-42-76(7,28-26-65(57)54-17-21-58(78)22-18-54)48-89-45-62-39-61(89)46-90(62)70(94)11-9-10-63(92)40-66(75(4,5)6)74(97)91-47-64(93)41-68(91)73(96)84-50(2)53-13-15-55(16-14-53)71-51(3)83-49-101-71/h12-25,38,49-50,59,61-62,64,66,68,85,93H,8-11,26-37,39-48H2,1-7H3,(H,82,95)(H,84,96)/t50-,59-,61+,62+,64+,66+,68-,76?/m0/s1. The van der Waals surface area contributed by atoms with Crippen molar-refractivity contribution in [2.75, 3.05) is 102 Å². The highest BCUT2D eigenvalue weighted by Crippen LogP contribution is 2.46. The molecular weight excluding hydrogens is 1370 g/mol. The number of aromatic nitrogens is 1. The van der Waals surface area contributed by atoms with Crippen molar-refractivity contribution >= 4 is 79.1 Å². The molecule has 4 amide bonds. The van der Waals surface area contributed by atoms with Crippen molar-refractivity contribution in [1.82, 2.24) is 40.1 Å². The number of rotatable bonds is 27. The number of sulfone groups is 1. The molecule has 1 aliphatic carbocycles. The first-order valence-electron chi connectivity index (χ1n) is 36.2. The molecule has 0 saturated carbocycles. The lowest BCUT2D eigenvalue weighted by atomic mass is 9.71. The molecule has 6 aliphatic rings. The van der Waals surface area contributed by atoms with Crippen LogP contribution in [0.15, 0.2) is 107 Å². The molecule has 102 heavy (non-hydrogen) atoms. The number of ketones is 1. The minimum Gasteiger partial charge on any atom is -0.391 e. The number of nitrogens with zero attached hydrogens (tertiary/aromatic N) is 7. The molecule has 4 aromatic carbocycles. The highest BCUT2D eigenvalue weighted by atomic mass is 35.5. The molecule has 4 N–H and O–H groups in total. The van der Waals surface area contributed by atoms with Crippen molar-refractivity contribution < 1.29 is 55.4 Å². The summed E-state index contributed by atoms with van der Waals surface area (Å²) >= 11 is 7.99. The normalized spacial score (nSPS) is 22.6. The molecule has 0 spiro atoms. The van der Waals surface area contributed by atoms with Gasteiger partial charge in [0.1, 0.15) is 11.8 Å². The quantitative estimate of drug-likeness (QED) is 0.0384. The summed E-state index contributed by atoms with van der Waals surface area (Å²) in [5.74, 6) is -1.93. The van der Waals surface area contributed by atoms with E-state index in [2.05, 4.69) is 59.6 Å². The molecule has 25 heteroatoms. The van der Waals surface area contributed by atoms with Crippen LogP contribution in [0.3, 0.4) is 0 Å². The number of hydrogen-bond acceptors (Lipinski definition) is 16. The van der Waals surface area contributed by atoms with E-state index >= 15 is 0 Å². The number of halogens is 4. The van der Waals surface area contributed by atoms with Crippen molar-refractivity contribution in [3.05, 3.63) is 135 Å². The molecule has 6 heterocycles. The second-order valence-corrected chi connectivity index (χ2v) is 33.6. The van der Waals surface area contributed by atoms with Crippen molar-refractivity contribution in [2.45, 2.75) is 172 Å². The number of Topliss-reactive ketones (excluding diaryl/α,β-unsaturated/α-hetero) is 1. The fourth-order valence-corrected chi connectivity index (χ4v) is 17.8. The van der Waals surface area contributed by atoms with Gasteiger partial charge in [-0.25, -0.2) is 13.4 Å². The molecule has 5 fully saturated rings. The van der Waals surface area contributed by atoms with Gasteiger partial charge in [-0.15, -0.1) is 11.3 Å². The zero-order valence-corrected chi connectivity index (χ0v) is 62.2. The number of piperazine rings is 2. The number of carbonyl (C=O) groups excluding carboxylic acids is 5. The van der Waals surface area contributed by atoms with Crippen molar-refractivity contribution in [2.24, 2.45) is 16.7 Å². The summed E-state index contributed by atoms with van der Waals surface area (Å²) in [4.78, 5) is 87.3. The van der Waals surface area contributed by atoms with E-state index in [1.807, 2.05) is 100 Å². The number of fused-ring (bicyclic) bond motifs is 2. The minimum atomic E-state index is -5.73. The van der Waals surface area contributed by atoms with Gasteiger partial charge in [-0.2, -0.15) is 13.2 Å². The number of allylic oxidation sites excluding steroid dienone is 1. The summed E-state index contributed by atoms with van der Waals surface area (Å²) in [5.41, 5.74) is 3.90. The van der Waals surface area contributed by atoms with Gasteiger partial charge in [0.25, 0.3) is 15.7 Å². The Morgan fingerprint density at radius 1 is 0.843 bits per heavy atom. The number of aliphatic hydroxyl groups is 1. The van der Waals surface area contributed by atoms with Crippen molar-refractivity contribution in [3.63, 3.8) is 0 Å². The summed E-state index contributed by atoms with van der Waals surface area (Å²) in [7, 11) is -5.73. The highest BCUT2D eigenvalue weighted by Gasteiger charge is 2.50. The topological polar surface area (TPSA) is 217 Å². The van der Waals surface area contributed by atoms with Crippen LogP contribution in [0.2, 0.25) is 5.02 Å². The Balaban J connectivity index is 0.637. The molecule has 2 bridgehead atoms. The molecule has 8 atom stereocenters. The number of nitrogens with one attached hydrogen (secondary N) is 3. The molecular formula is C77H100ClF3N10O9S2. The number of anilines is 2. The molecule has 1 aromatic heterocycles. The predicted octanol–water partition coefficient (Wildman–Crippen LogP) is 11.6. The monoisotopic (exact) mass is 1460 g/mol. The molecule has 5 saturated heterocycles. The van der Waals surface area contributed by atoms with Crippen molar-refractivity contribution in [3.8, 4) is 10.4 Å². The molecule has 0 radical (unpaired) electrons. The Morgan fingerprint density at radius 2 is 1.55 bits per heavy atom. The van der Waals surface area contributed by atoms with Crippen molar-refractivity contribution in [1.29, 1.82) is 0 Å². The van der Waals surface area contributed by atoms with Gasteiger partial charge < -0.3 is 40.5 Å². The molecule has 19 nitrogen and oxygen atoms in total. The van der Waals surface area contributed by atoms with E-state index in [0.29, 0.717) is 56.2 Å². The van der Waals surface area contributed by atoms with E-state index in [9.17, 15) is 50.7 Å². The Labute approximate surface area is 607 Å². The lowest BCUT2D eigenvalue weighted by Crippen LogP contribution is -2.51. The lowest BCUT2D eigenvalue weighted by molar-refractivity contribution is -0.146. The number of aryl methyl sites for hydroxylation is 1. The van der Waals surface area contributed by atoms with Gasteiger partial charge in [0.05, 0.1) is 52.0 Å². The van der Waals surface area contributed by atoms with E-state index in [1.165, 1.54) is 33.7 Å². The van der Waals surface area contributed by atoms with Crippen LogP contribution < -0.4 is 20.9 Å². The largest absolute Gasteiger partial charge is 0.501 e. The van der Waals surface area contributed by atoms with E-state index in [1.54, 1.807) is 23.5 Å². The van der Waals surface area contributed by atoms with Crippen LogP contribution in [0.4, 0.5) is 24.5 Å². The molecule has 1 unspecified atom stereocenters. The van der Waals surface area contributed by atoms with Gasteiger partial charge >= 0.3 is 5.51 Å². The van der Waals surface area contributed by atoms with Gasteiger partial charge in [0.15, 0.2) is 0 Å². The Hall–Kier alpha value is -6.77. The first-order chi connectivity index (χ1) is 48.5. The van der Waals surface area contributed by atoms with Gasteiger partial charge in [0.2, 0.25) is 17.7 Å². The Kier molecular flexibility index (Phi) is 24.5. The number of hydrogen-bond donors (Lipinski definition) is 4. The average Bonchev–Trinajstić information content (AvgIpc) is 1.35. The van der Waals surface area contributed by atoms with Crippen LogP contribution in [0, 0.1) is 23.7 Å². The third-order valence-electron chi connectivity index (χ3n) is 21.9. The summed E-state index contributed by atoms with van der Waals surface area (Å²) in [6, 6.07) is 26.0. The van der Waals surface area contributed by atoms with Gasteiger partial charge in [0, 0.05) is 151 Å². The van der Waals surface area contributed by atoms with E-state index < -0.39 is 49.6 Å². The maximum absolute atomic E-state index is 14.5. The molecule has 5 aromatic rings. The smallest absolute Gasteiger partial charge is 0.391 e. The maximum Gasteiger partial charge on any atom is 0.501 e. The van der Waals surface area contributed by atoms with Crippen LogP contribution in [-0.4, -0.2) is 200 Å². The number of benzene rings is 4. The predicted molar refractivity (Wildman–Crippen MR) is 393 cm³/mol. The number of morpholine rings is 1. The molecule has 552 valence electrons. The number of thiazole rings is 1. The fraction of sp³-hybridized carbons (Fsp3) is 0.558. The van der Waals surface area contributed by atoms with Crippen LogP contribution in [0.25, 0.3) is 16.0 Å². The summed E-state index contributed by atoms with van der Waals surface area (Å²) in [6.45, 7) is 23.5. The first kappa shape index (κ1) is 76.4. The zero-order valence-electron chi connectivity index (χ0n) is 59.8. The van der Waals surface area contributed by atoms with Gasteiger partial charge in [-0.1, -0.05) is 94.3 Å². The zero-order chi connectivity index (χ0) is 72.8. The third-order valence-corrected chi connectivity index (χ3v) is 24.6.